The van der Waals surface area contributed by atoms with Gasteiger partial charge in [-0.3, -0.25) is 9.59 Å². The maximum absolute atomic E-state index is 12.7. The number of carbonyl (C=O) groups excluding carboxylic acids is 2. The topological polar surface area (TPSA) is 67.4 Å². The molecule has 5 nitrogen and oxygen atoms in total. The van der Waals surface area contributed by atoms with Crippen LogP contribution in [-0.4, -0.2) is 37.0 Å². The molecule has 2 aromatic rings. The van der Waals surface area contributed by atoms with E-state index < -0.39 is 0 Å². The monoisotopic (exact) mass is 484 g/mol. The SMILES string of the molecule is CCCCCCCCCCOc1ccc(C(=O)Nc2cc(C(=O)NCCSC)ccc2C)cc1. The first kappa shape index (κ1) is 27.8. The first-order valence-corrected chi connectivity index (χ1v) is 13.9. The van der Waals surface area contributed by atoms with Crippen LogP contribution in [0.5, 0.6) is 5.75 Å². The number of anilines is 1. The average Bonchev–Trinajstić information content (AvgIpc) is 2.84. The van der Waals surface area contributed by atoms with Gasteiger partial charge in [-0.2, -0.15) is 11.8 Å². The summed E-state index contributed by atoms with van der Waals surface area (Å²) in [6.45, 7) is 5.47. The normalized spacial score (nSPS) is 10.7. The lowest BCUT2D eigenvalue weighted by Gasteiger charge is -2.12. The van der Waals surface area contributed by atoms with Gasteiger partial charge in [0.05, 0.1) is 6.61 Å². The molecule has 0 fully saturated rings. The van der Waals surface area contributed by atoms with E-state index in [0.29, 0.717) is 30.0 Å². The smallest absolute Gasteiger partial charge is 0.255 e. The number of benzene rings is 2. The van der Waals surface area contributed by atoms with E-state index in [1.807, 2.05) is 31.4 Å². The molecule has 186 valence electrons. The van der Waals surface area contributed by atoms with Crippen molar-refractivity contribution in [3.63, 3.8) is 0 Å². The summed E-state index contributed by atoms with van der Waals surface area (Å²) in [6, 6.07) is 12.6. The molecule has 0 radical (unpaired) electrons. The molecule has 0 spiro atoms. The van der Waals surface area contributed by atoms with Crippen molar-refractivity contribution in [2.24, 2.45) is 0 Å². The van der Waals surface area contributed by atoms with Gasteiger partial charge in [0.1, 0.15) is 5.75 Å². The average molecular weight is 485 g/mol. The van der Waals surface area contributed by atoms with Gasteiger partial charge in [0.2, 0.25) is 0 Å². The van der Waals surface area contributed by atoms with Gasteiger partial charge in [-0.1, -0.05) is 57.9 Å². The molecule has 0 aliphatic heterocycles. The lowest BCUT2D eigenvalue weighted by atomic mass is 10.1. The highest BCUT2D eigenvalue weighted by molar-refractivity contribution is 7.98. The van der Waals surface area contributed by atoms with Gasteiger partial charge in [0, 0.05) is 29.1 Å². The second-order valence-electron chi connectivity index (χ2n) is 8.58. The van der Waals surface area contributed by atoms with E-state index >= 15 is 0 Å². The van der Waals surface area contributed by atoms with E-state index in [1.165, 1.54) is 44.9 Å². The summed E-state index contributed by atoms with van der Waals surface area (Å²) in [5.41, 5.74) is 2.62. The number of nitrogens with one attached hydrogen (secondary N) is 2. The number of rotatable bonds is 16. The van der Waals surface area contributed by atoms with Crippen molar-refractivity contribution in [1.82, 2.24) is 5.32 Å². The van der Waals surface area contributed by atoms with Gasteiger partial charge in [-0.25, -0.2) is 0 Å². The van der Waals surface area contributed by atoms with E-state index in [0.717, 1.165) is 23.5 Å². The number of hydrogen-bond donors (Lipinski definition) is 2. The van der Waals surface area contributed by atoms with E-state index in [4.69, 9.17) is 4.74 Å². The number of amides is 2. The second kappa shape index (κ2) is 16.2. The highest BCUT2D eigenvalue weighted by Gasteiger charge is 2.12. The zero-order chi connectivity index (χ0) is 24.6. The maximum Gasteiger partial charge on any atom is 0.255 e. The third-order valence-electron chi connectivity index (χ3n) is 5.72. The van der Waals surface area contributed by atoms with Crippen LogP contribution < -0.4 is 15.4 Å². The van der Waals surface area contributed by atoms with Crippen molar-refractivity contribution in [2.45, 2.75) is 65.2 Å². The Morgan fingerprint density at radius 1 is 0.853 bits per heavy atom. The molecule has 0 aromatic heterocycles. The zero-order valence-electron chi connectivity index (χ0n) is 21.0. The van der Waals surface area contributed by atoms with Crippen molar-refractivity contribution in [1.29, 1.82) is 0 Å². The Hall–Kier alpha value is -2.47. The van der Waals surface area contributed by atoms with Gasteiger partial charge in [0.25, 0.3) is 11.8 Å². The zero-order valence-corrected chi connectivity index (χ0v) is 21.8. The van der Waals surface area contributed by atoms with Crippen LogP contribution in [-0.2, 0) is 0 Å². The molecule has 2 amide bonds. The number of hydrogen-bond acceptors (Lipinski definition) is 4. The van der Waals surface area contributed by atoms with Crippen LogP contribution in [0.4, 0.5) is 5.69 Å². The van der Waals surface area contributed by atoms with Crippen LogP contribution in [0.25, 0.3) is 0 Å². The molecule has 34 heavy (non-hydrogen) atoms. The van der Waals surface area contributed by atoms with E-state index in [9.17, 15) is 9.59 Å². The van der Waals surface area contributed by atoms with Crippen molar-refractivity contribution >= 4 is 29.3 Å². The number of ether oxygens (including phenoxy) is 1. The predicted octanol–water partition coefficient (Wildman–Crippen LogP) is 6.86. The van der Waals surface area contributed by atoms with Crippen LogP contribution in [0, 0.1) is 6.92 Å². The molecule has 6 heteroatoms. The van der Waals surface area contributed by atoms with Crippen molar-refractivity contribution in [2.75, 3.05) is 30.5 Å². The molecule has 2 rings (SSSR count). The first-order chi connectivity index (χ1) is 16.5. The molecule has 2 aromatic carbocycles. The van der Waals surface area contributed by atoms with E-state index in [1.54, 1.807) is 36.0 Å². The van der Waals surface area contributed by atoms with Crippen molar-refractivity contribution in [3.8, 4) is 5.75 Å². The summed E-state index contributed by atoms with van der Waals surface area (Å²) >= 11 is 1.68. The second-order valence-corrected chi connectivity index (χ2v) is 9.57. The highest BCUT2D eigenvalue weighted by Crippen LogP contribution is 2.19. The fraction of sp³-hybridized carbons (Fsp3) is 0.500. The Morgan fingerprint density at radius 3 is 2.18 bits per heavy atom. The lowest BCUT2D eigenvalue weighted by molar-refractivity contribution is 0.0954. The van der Waals surface area contributed by atoms with Gasteiger partial charge in [-0.15, -0.1) is 0 Å². The molecule has 0 aliphatic carbocycles. The molecular formula is C28H40N2O3S. The fourth-order valence-corrected chi connectivity index (χ4v) is 3.90. The van der Waals surface area contributed by atoms with Crippen molar-refractivity contribution in [3.05, 3.63) is 59.2 Å². The highest BCUT2D eigenvalue weighted by atomic mass is 32.2. The van der Waals surface area contributed by atoms with E-state index in [2.05, 4.69) is 17.6 Å². The Morgan fingerprint density at radius 2 is 1.50 bits per heavy atom. The van der Waals surface area contributed by atoms with Crippen LogP contribution in [0.15, 0.2) is 42.5 Å². The molecule has 0 saturated heterocycles. The quantitative estimate of drug-likeness (QED) is 0.255. The van der Waals surface area contributed by atoms with Gasteiger partial charge in [-0.05, 0) is 61.6 Å². The predicted molar refractivity (Wildman–Crippen MR) is 144 cm³/mol. The molecular weight excluding hydrogens is 444 g/mol. The Balaban J connectivity index is 1.79. The minimum atomic E-state index is -0.210. The van der Waals surface area contributed by atoms with Gasteiger partial charge < -0.3 is 15.4 Å². The first-order valence-electron chi connectivity index (χ1n) is 12.5. The maximum atomic E-state index is 12.7. The minimum absolute atomic E-state index is 0.137. The van der Waals surface area contributed by atoms with Crippen LogP contribution in [0.1, 0.15) is 84.6 Å². The Labute approximate surface area is 209 Å². The molecule has 0 saturated carbocycles. The number of thioether (sulfide) groups is 1. The molecule has 2 N–H and O–H groups in total. The number of carbonyl (C=O) groups is 2. The summed E-state index contributed by atoms with van der Waals surface area (Å²) in [5.74, 6) is 1.29. The van der Waals surface area contributed by atoms with Crippen molar-refractivity contribution < 1.29 is 14.3 Å². The molecule has 0 unspecified atom stereocenters. The molecule has 0 heterocycles. The summed E-state index contributed by atoms with van der Waals surface area (Å²) in [5, 5.41) is 5.82. The summed E-state index contributed by atoms with van der Waals surface area (Å²) in [6.07, 6.45) is 12.2. The summed E-state index contributed by atoms with van der Waals surface area (Å²) in [7, 11) is 0. The Bertz CT molecular complexity index is 884. The number of unbranched alkanes of at least 4 members (excludes halogenated alkanes) is 7. The molecule has 0 aliphatic rings. The number of aryl methyl sites for hydroxylation is 1. The standard InChI is InChI=1S/C28H40N2O3S/c1-4-5-6-7-8-9-10-11-19-33-25-16-14-23(15-17-25)28(32)30-26-21-24(13-12-22(26)2)27(31)29-18-20-34-3/h12-17,21H,4-11,18-20H2,1-3H3,(H,29,31)(H,30,32). The Kier molecular flexibility index (Phi) is 13.2. The van der Waals surface area contributed by atoms with Gasteiger partial charge >= 0.3 is 0 Å². The van der Waals surface area contributed by atoms with Gasteiger partial charge in [0.15, 0.2) is 0 Å². The molecule has 0 bridgehead atoms. The largest absolute Gasteiger partial charge is 0.494 e. The van der Waals surface area contributed by atoms with Crippen LogP contribution in [0.3, 0.4) is 0 Å². The fourth-order valence-electron chi connectivity index (χ4n) is 3.59. The van der Waals surface area contributed by atoms with Crippen LogP contribution in [0.2, 0.25) is 0 Å². The third kappa shape index (κ3) is 10.2. The minimum Gasteiger partial charge on any atom is -0.494 e. The molecule has 0 atom stereocenters. The van der Waals surface area contributed by atoms with Crippen LogP contribution >= 0.6 is 11.8 Å². The summed E-state index contributed by atoms with van der Waals surface area (Å²) in [4.78, 5) is 25.1. The van der Waals surface area contributed by atoms with E-state index in [-0.39, 0.29) is 11.8 Å². The lowest BCUT2D eigenvalue weighted by Crippen LogP contribution is -2.26. The third-order valence-corrected chi connectivity index (χ3v) is 6.34. The summed E-state index contributed by atoms with van der Waals surface area (Å²) < 4.78 is 5.83.